The van der Waals surface area contributed by atoms with Crippen molar-refractivity contribution in [2.75, 3.05) is 6.54 Å². The largest absolute Gasteiger partial charge is 0.354 e. The number of hydrogen-bond acceptors (Lipinski definition) is 4. The van der Waals surface area contributed by atoms with Crippen LogP contribution in [0.15, 0.2) is 14.7 Å². The van der Waals surface area contributed by atoms with Crippen LogP contribution in [0, 0.1) is 12.8 Å². The molecule has 1 heterocycles. The maximum Gasteiger partial charge on any atom is 0.242 e. The second kappa shape index (κ2) is 7.02. The van der Waals surface area contributed by atoms with E-state index in [4.69, 9.17) is 0 Å². The molecule has 0 saturated carbocycles. The van der Waals surface area contributed by atoms with Crippen LogP contribution in [-0.2, 0) is 14.8 Å². The SMILES string of the molecule is Cc1sc(Br)cc1S(=O)(=O)NC(C)C(=O)NCC(C)C. The zero-order valence-electron chi connectivity index (χ0n) is 11.9. The van der Waals surface area contributed by atoms with Crippen molar-refractivity contribution in [2.24, 2.45) is 5.92 Å². The van der Waals surface area contributed by atoms with Gasteiger partial charge in [-0.15, -0.1) is 11.3 Å². The monoisotopic (exact) mass is 382 g/mol. The Kier molecular flexibility index (Phi) is 6.18. The van der Waals surface area contributed by atoms with Crippen LogP contribution in [0.2, 0.25) is 0 Å². The molecule has 1 rings (SSSR count). The Morgan fingerprint density at radius 2 is 2.00 bits per heavy atom. The number of halogens is 1. The molecule has 8 heteroatoms. The van der Waals surface area contributed by atoms with Gasteiger partial charge >= 0.3 is 0 Å². The van der Waals surface area contributed by atoms with E-state index in [0.717, 1.165) is 3.79 Å². The molecular weight excluding hydrogens is 364 g/mol. The van der Waals surface area contributed by atoms with Crippen molar-refractivity contribution in [3.8, 4) is 0 Å². The van der Waals surface area contributed by atoms with Gasteiger partial charge in [-0.2, -0.15) is 4.72 Å². The highest BCUT2D eigenvalue weighted by Crippen LogP contribution is 2.29. The van der Waals surface area contributed by atoms with E-state index in [1.54, 1.807) is 13.0 Å². The standard InChI is InChI=1S/C12H19BrN2O3S2/c1-7(2)6-14-12(16)8(3)15-20(17,18)10-5-11(13)19-9(10)4/h5,7-8,15H,6H2,1-4H3,(H,14,16). The highest BCUT2D eigenvalue weighted by atomic mass is 79.9. The maximum atomic E-state index is 12.2. The summed E-state index contributed by atoms with van der Waals surface area (Å²) >= 11 is 4.60. The summed E-state index contributed by atoms with van der Waals surface area (Å²) in [7, 11) is -3.68. The number of rotatable bonds is 6. The lowest BCUT2D eigenvalue weighted by atomic mass is 10.2. The molecule has 0 bridgehead atoms. The van der Waals surface area contributed by atoms with Gasteiger partial charge in [-0.25, -0.2) is 8.42 Å². The van der Waals surface area contributed by atoms with Gasteiger partial charge in [-0.3, -0.25) is 4.79 Å². The van der Waals surface area contributed by atoms with Crippen LogP contribution in [0.1, 0.15) is 25.6 Å². The van der Waals surface area contributed by atoms with Gasteiger partial charge in [0.1, 0.15) is 0 Å². The summed E-state index contributed by atoms with van der Waals surface area (Å²) < 4.78 is 27.6. The topological polar surface area (TPSA) is 75.3 Å². The summed E-state index contributed by atoms with van der Waals surface area (Å²) in [4.78, 5) is 12.7. The van der Waals surface area contributed by atoms with Crippen molar-refractivity contribution in [1.29, 1.82) is 0 Å². The van der Waals surface area contributed by atoms with Gasteiger partial charge in [0.15, 0.2) is 0 Å². The van der Waals surface area contributed by atoms with E-state index in [9.17, 15) is 13.2 Å². The summed E-state index contributed by atoms with van der Waals surface area (Å²) in [5.74, 6) is -0.00736. The number of aryl methyl sites for hydroxylation is 1. The van der Waals surface area contributed by atoms with Crippen LogP contribution in [0.3, 0.4) is 0 Å². The molecule has 1 aromatic rings. The number of sulfonamides is 1. The van der Waals surface area contributed by atoms with Gasteiger partial charge in [0.05, 0.1) is 14.7 Å². The minimum absolute atomic E-state index is 0.206. The summed E-state index contributed by atoms with van der Waals surface area (Å²) in [6.07, 6.45) is 0. The van der Waals surface area contributed by atoms with Gasteiger partial charge in [0, 0.05) is 11.4 Å². The first-order valence-electron chi connectivity index (χ1n) is 6.19. The van der Waals surface area contributed by atoms with E-state index >= 15 is 0 Å². The van der Waals surface area contributed by atoms with Gasteiger partial charge in [-0.05, 0) is 41.8 Å². The number of nitrogens with one attached hydrogen (secondary N) is 2. The lowest BCUT2D eigenvalue weighted by Crippen LogP contribution is -2.45. The zero-order valence-corrected chi connectivity index (χ0v) is 15.1. The number of carbonyl (C=O) groups excluding carboxylic acids is 1. The van der Waals surface area contributed by atoms with E-state index in [1.165, 1.54) is 18.3 Å². The number of amides is 1. The van der Waals surface area contributed by atoms with E-state index in [1.807, 2.05) is 13.8 Å². The average Bonchev–Trinajstić information content (AvgIpc) is 2.65. The fourth-order valence-electron chi connectivity index (χ4n) is 1.51. The first kappa shape index (κ1) is 17.6. The summed E-state index contributed by atoms with van der Waals surface area (Å²) in [6, 6.07) is 0.734. The van der Waals surface area contributed by atoms with Crippen LogP contribution >= 0.6 is 27.3 Å². The van der Waals surface area contributed by atoms with Crippen molar-refractivity contribution in [2.45, 2.75) is 38.6 Å². The second-order valence-electron chi connectivity index (χ2n) is 4.95. The minimum atomic E-state index is -3.68. The number of hydrogen-bond donors (Lipinski definition) is 2. The average molecular weight is 383 g/mol. The molecule has 0 radical (unpaired) electrons. The molecule has 0 aliphatic carbocycles. The molecule has 114 valence electrons. The third kappa shape index (κ3) is 4.83. The third-order valence-electron chi connectivity index (χ3n) is 2.54. The predicted molar refractivity (Wildman–Crippen MR) is 84.4 cm³/mol. The molecule has 1 aromatic heterocycles. The summed E-state index contributed by atoms with van der Waals surface area (Å²) in [5.41, 5.74) is 0. The summed E-state index contributed by atoms with van der Waals surface area (Å²) in [6.45, 7) is 7.73. The Bertz CT molecular complexity index is 582. The zero-order chi connectivity index (χ0) is 15.5. The van der Waals surface area contributed by atoms with Crippen LogP contribution < -0.4 is 10.0 Å². The van der Waals surface area contributed by atoms with Gasteiger partial charge in [-0.1, -0.05) is 13.8 Å². The maximum absolute atomic E-state index is 12.2. The molecule has 1 unspecified atom stereocenters. The minimum Gasteiger partial charge on any atom is -0.354 e. The molecule has 0 aliphatic rings. The highest BCUT2D eigenvalue weighted by molar-refractivity contribution is 9.11. The van der Waals surface area contributed by atoms with Gasteiger partial charge in [0.2, 0.25) is 15.9 Å². The molecule has 0 aliphatic heterocycles. The van der Waals surface area contributed by atoms with E-state index in [0.29, 0.717) is 17.3 Å². The highest BCUT2D eigenvalue weighted by Gasteiger charge is 2.24. The quantitative estimate of drug-likeness (QED) is 0.791. The molecule has 0 fully saturated rings. The molecule has 20 heavy (non-hydrogen) atoms. The summed E-state index contributed by atoms with van der Waals surface area (Å²) in [5, 5.41) is 2.70. The van der Waals surface area contributed by atoms with Gasteiger partial charge in [0.25, 0.3) is 0 Å². The van der Waals surface area contributed by atoms with Crippen molar-refractivity contribution in [3.63, 3.8) is 0 Å². The Labute approximate surface area is 132 Å². The fraction of sp³-hybridized carbons (Fsp3) is 0.583. The molecule has 2 N–H and O–H groups in total. The fourth-order valence-corrected chi connectivity index (χ4v) is 5.12. The molecule has 0 aromatic carbocycles. The Hall–Kier alpha value is -0.440. The van der Waals surface area contributed by atoms with E-state index in [-0.39, 0.29) is 10.8 Å². The lowest BCUT2D eigenvalue weighted by Gasteiger charge is -2.15. The van der Waals surface area contributed by atoms with Crippen LogP contribution in [0.5, 0.6) is 0 Å². The second-order valence-corrected chi connectivity index (χ2v) is 9.27. The van der Waals surface area contributed by atoms with Crippen LogP contribution in [0.25, 0.3) is 0 Å². The van der Waals surface area contributed by atoms with E-state index in [2.05, 4.69) is 26.0 Å². The van der Waals surface area contributed by atoms with Gasteiger partial charge < -0.3 is 5.32 Å². The van der Waals surface area contributed by atoms with Crippen molar-refractivity contribution in [3.05, 3.63) is 14.7 Å². The first-order valence-corrected chi connectivity index (χ1v) is 9.28. The van der Waals surface area contributed by atoms with Crippen molar-refractivity contribution in [1.82, 2.24) is 10.0 Å². The predicted octanol–water partition coefficient (Wildman–Crippen LogP) is 2.26. The molecule has 0 spiro atoms. The lowest BCUT2D eigenvalue weighted by molar-refractivity contribution is -0.122. The molecule has 1 amide bonds. The number of thiophene rings is 1. The van der Waals surface area contributed by atoms with Crippen molar-refractivity contribution >= 4 is 43.2 Å². The third-order valence-corrected chi connectivity index (χ3v) is 5.89. The molecule has 1 atom stereocenters. The van der Waals surface area contributed by atoms with Crippen LogP contribution in [0.4, 0.5) is 0 Å². The Balaban J connectivity index is 2.76. The Morgan fingerprint density at radius 1 is 1.40 bits per heavy atom. The molecule has 5 nitrogen and oxygen atoms in total. The van der Waals surface area contributed by atoms with Crippen LogP contribution in [-0.4, -0.2) is 26.9 Å². The molecule has 0 saturated heterocycles. The molecular formula is C12H19BrN2O3S2. The van der Waals surface area contributed by atoms with E-state index < -0.39 is 16.1 Å². The number of carbonyl (C=O) groups is 1. The Morgan fingerprint density at radius 3 is 2.45 bits per heavy atom. The smallest absolute Gasteiger partial charge is 0.242 e. The van der Waals surface area contributed by atoms with Crippen molar-refractivity contribution < 1.29 is 13.2 Å². The first-order chi connectivity index (χ1) is 9.13. The normalized spacial score (nSPS) is 13.5.